The Morgan fingerprint density at radius 3 is 1.56 bits per heavy atom. The first kappa shape index (κ1) is 52.9. The van der Waals surface area contributed by atoms with Gasteiger partial charge in [-0.05, 0) is 44.9 Å². The van der Waals surface area contributed by atoms with E-state index in [4.69, 9.17) is 18.5 Å². The average molecular weight is 792 g/mol. The normalized spacial score (nSPS) is 14.5. The zero-order chi connectivity index (χ0) is 40.6. The number of hydrogen-bond donors (Lipinski definition) is 0. The Bertz CT molecular complexity index is 1110. The molecule has 0 radical (unpaired) electrons. The highest BCUT2D eigenvalue weighted by molar-refractivity contribution is 7.45. The number of rotatable bonds is 39. The molecule has 0 spiro atoms. The zero-order valence-corrected chi connectivity index (χ0v) is 36.7. The van der Waals surface area contributed by atoms with Crippen molar-refractivity contribution in [1.29, 1.82) is 0 Å². The molecular formula is C46H82NO7P. The first-order chi connectivity index (χ1) is 26.6. The van der Waals surface area contributed by atoms with Gasteiger partial charge in [0, 0.05) is 13.0 Å². The van der Waals surface area contributed by atoms with Gasteiger partial charge in [-0.1, -0.05) is 177 Å². The Balaban J connectivity index is 4.39. The van der Waals surface area contributed by atoms with Crippen LogP contribution in [0, 0.1) is 0 Å². The molecule has 0 amide bonds. The van der Waals surface area contributed by atoms with Crippen molar-refractivity contribution in [3.8, 4) is 0 Å². The molecule has 0 N–H and O–H groups in total. The van der Waals surface area contributed by atoms with E-state index >= 15 is 0 Å². The fraction of sp³-hybridized carbons (Fsp3) is 0.717. The summed E-state index contributed by atoms with van der Waals surface area (Å²) < 4.78 is 34.5. The summed E-state index contributed by atoms with van der Waals surface area (Å²) in [4.78, 5) is 25.0. The van der Waals surface area contributed by atoms with Gasteiger partial charge in [-0.15, -0.1) is 0 Å². The van der Waals surface area contributed by atoms with Crippen LogP contribution in [-0.4, -0.2) is 70.7 Å². The highest BCUT2D eigenvalue weighted by atomic mass is 31.2. The van der Waals surface area contributed by atoms with Crippen LogP contribution in [-0.2, 0) is 27.9 Å². The number of carbonyl (C=O) groups excluding carboxylic acids is 1. The molecule has 0 saturated carbocycles. The monoisotopic (exact) mass is 792 g/mol. The van der Waals surface area contributed by atoms with Crippen molar-refractivity contribution in [2.75, 3.05) is 54.1 Å². The maximum absolute atomic E-state index is 12.6. The predicted molar refractivity (Wildman–Crippen MR) is 231 cm³/mol. The average Bonchev–Trinajstić information content (AvgIpc) is 3.13. The third-order valence-electron chi connectivity index (χ3n) is 8.80. The molecule has 0 aliphatic carbocycles. The smallest absolute Gasteiger partial charge is 0.306 e. The van der Waals surface area contributed by atoms with E-state index in [1.807, 2.05) is 39.4 Å². The standard InChI is InChI=1S/C46H82NO7P/c1-6-8-10-12-14-16-18-20-22-23-24-25-26-27-29-31-33-35-37-39-46(48)54-45(44-53-55(49,50)52-42-40-47(3,4)5)43-51-41-38-36-34-32-30-28-21-19-17-15-13-11-9-7-2/h10,12,14,16,18,20,24-25,29,31,33,35,45H,6-9,11,13,15,17,19,21-23,26-28,30,32,34,36-44H2,1-5H3/b12-10+,16-14+,20-18+,25-24+,31-29+,35-33+. The first-order valence-corrected chi connectivity index (χ1v) is 23.2. The first-order valence-electron chi connectivity index (χ1n) is 21.7. The lowest BCUT2D eigenvalue weighted by Gasteiger charge is -2.28. The van der Waals surface area contributed by atoms with E-state index in [9.17, 15) is 14.3 Å². The van der Waals surface area contributed by atoms with Gasteiger partial charge in [0.15, 0.2) is 0 Å². The van der Waals surface area contributed by atoms with Gasteiger partial charge in [0.25, 0.3) is 7.82 Å². The molecule has 55 heavy (non-hydrogen) atoms. The summed E-state index contributed by atoms with van der Waals surface area (Å²) in [6.07, 6.45) is 49.3. The van der Waals surface area contributed by atoms with Crippen molar-refractivity contribution in [2.24, 2.45) is 0 Å². The lowest BCUT2D eigenvalue weighted by atomic mass is 10.0. The van der Waals surface area contributed by atoms with Crippen LogP contribution < -0.4 is 4.89 Å². The second kappa shape index (κ2) is 38.8. The van der Waals surface area contributed by atoms with E-state index < -0.39 is 19.9 Å². The third-order valence-corrected chi connectivity index (χ3v) is 9.76. The fourth-order valence-electron chi connectivity index (χ4n) is 5.43. The Labute approximate surface area is 338 Å². The van der Waals surface area contributed by atoms with Gasteiger partial charge in [-0.3, -0.25) is 9.36 Å². The van der Waals surface area contributed by atoms with Crippen LogP contribution in [0.15, 0.2) is 72.9 Å². The lowest BCUT2D eigenvalue weighted by Crippen LogP contribution is -2.37. The van der Waals surface area contributed by atoms with Crippen LogP contribution in [0.4, 0.5) is 0 Å². The van der Waals surface area contributed by atoms with Gasteiger partial charge < -0.3 is 27.9 Å². The lowest BCUT2D eigenvalue weighted by molar-refractivity contribution is -0.870. The number of allylic oxidation sites excluding steroid dienone is 12. The van der Waals surface area contributed by atoms with Crippen molar-refractivity contribution in [1.82, 2.24) is 0 Å². The summed E-state index contributed by atoms with van der Waals surface area (Å²) in [5.74, 6) is -0.422. The maximum atomic E-state index is 12.6. The summed E-state index contributed by atoms with van der Waals surface area (Å²) in [6.45, 7) is 5.21. The van der Waals surface area contributed by atoms with Crippen LogP contribution in [0.5, 0.6) is 0 Å². The minimum absolute atomic E-state index is 0.00960. The molecule has 0 fully saturated rings. The largest absolute Gasteiger partial charge is 0.756 e. The minimum Gasteiger partial charge on any atom is -0.756 e. The number of quaternary nitrogens is 1. The fourth-order valence-corrected chi connectivity index (χ4v) is 6.16. The molecule has 0 saturated heterocycles. The van der Waals surface area contributed by atoms with E-state index in [1.54, 1.807) is 0 Å². The highest BCUT2D eigenvalue weighted by Crippen LogP contribution is 2.38. The molecule has 2 atom stereocenters. The third kappa shape index (κ3) is 42.9. The SMILES string of the molecule is CCC/C=C/C=C/C=C/CC/C=C/CC/C=C/C=C/CCC(=O)OC(COCCCCCCCCCCCCCCCC)COP(=O)([O-])OCC[N+](C)(C)C. The number of carbonyl (C=O) groups is 1. The van der Waals surface area contributed by atoms with Crippen LogP contribution in [0.25, 0.3) is 0 Å². The van der Waals surface area contributed by atoms with Gasteiger partial charge in [0.1, 0.15) is 19.3 Å². The molecule has 0 aliphatic heterocycles. The molecule has 0 aromatic carbocycles. The molecule has 0 bridgehead atoms. The predicted octanol–water partition coefficient (Wildman–Crippen LogP) is 12.1. The Hall–Kier alpha value is -2.06. The molecule has 0 aromatic heterocycles. The molecule has 0 aromatic rings. The molecule has 8 nitrogen and oxygen atoms in total. The van der Waals surface area contributed by atoms with Gasteiger partial charge >= 0.3 is 5.97 Å². The Morgan fingerprint density at radius 1 is 0.564 bits per heavy atom. The van der Waals surface area contributed by atoms with Crippen molar-refractivity contribution < 1.29 is 37.3 Å². The summed E-state index contributed by atoms with van der Waals surface area (Å²) >= 11 is 0. The van der Waals surface area contributed by atoms with Crippen LogP contribution in [0.2, 0.25) is 0 Å². The van der Waals surface area contributed by atoms with Gasteiger partial charge in [-0.2, -0.15) is 0 Å². The summed E-state index contributed by atoms with van der Waals surface area (Å²) in [5.41, 5.74) is 0. The van der Waals surface area contributed by atoms with E-state index in [-0.39, 0.29) is 26.2 Å². The molecule has 318 valence electrons. The topological polar surface area (TPSA) is 94.1 Å². The van der Waals surface area contributed by atoms with E-state index in [0.29, 0.717) is 24.1 Å². The summed E-state index contributed by atoms with van der Waals surface area (Å²) in [6, 6.07) is 0. The van der Waals surface area contributed by atoms with Crippen molar-refractivity contribution in [3.05, 3.63) is 72.9 Å². The molecule has 2 unspecified atom stereocenters. The number of esters is 1. The number of ether oxygens (including phenoxy) is 2. The number of phosphoric ester groups is 1. The van der Waals surface area contributed by atoms with E-state index in [1.165, 1.54) is 83.5 Å². The summed E-state index contributed by atoms with van der Waals surface area (Å²) in [7, 11) is 1.30. The molecule has 0 heterocycles. The molecule has 9 heteroatoms. The van der Waals surface area contributed by atoms with Crippen molar-refractivity contribution >= 4 is 13.8 Å². The van der Waals surface area contributed by atoms with Gasteiger partial charge in [-0.25, -0.2) is 0 Å². The van der Waals surface area contributed by atoms with E-state index in [2.05, 4.69) is 68.5 Å². The second-order valence-electron chi connectivity index (χ2n) is 15.4. The highest BCUT2D eigenvalue weighted by Gasteiger charge is 2.20. The number of likely N-dealkylation sites (N-methyl/N-ethyl adjacent to an activating group) is 1. The second-order valence-corrected chi connectivity index (χ2v) is 16.8. The quantitative estimate of drug-likeness (QED) is 0.0153. The van der Waals surface area contributed by atoms with Crippen LogP contribution in [0.1, 0.15) is 155 Å². The molecular weight excluding hydrogens is 709 g/mol. The Morgan fingerprint density at radius 2 is 1.04 bits per heavy atom. The number of phosphoric acid groups is 1. The maximum Gasteiger partial charge on any atom is 0.306 e. The van der Waals surface area contributed by atoms with Crippen LogP contribution in [0.3, 0.4) is 0 Å². The molecule has 0 rings (SSSR count). The van der Waals surface area contributed by atoms with Crippen molar-refractivity contribution in [2.45, 2.75) is 161 Å². The molecule has 0 aliphatic rings. The number of nitrogens with zero attached hydrogens (tertiary/aromatic N) is 1. The van der Waals surface area contributed by atoms with Crippen LogP contribution >= 0.6 is 7.82 Å². The van der Waals surface area contributed by atoms with Crippen molar-refractivity contribution in [3.63, 3.8) is 0 Å². The van der Waals surface area contributed by atoms with Gasteiger partial charge in [0.05, 0.1) is 34.4 Å². The van der Waals surface area contributed by atoms with Gasteiger partial charge in [0.2, 0.25) is 0 Å². The number of hydrogen-bond acceptors (Lipinski definition) is 7. The number of unbranched alkanes of at least 4 members (excludes halogenated alkanes) is 16. The Kier molecular flexibility index (Phi) is 37.3. The zero-order valence-electron chi connectivity index (χ0n) is 35.8. The van der Waals surface area contributed by atoms with E-state index in [0.717, 1.165) is 44.9 Å². The minimum atomic E-state index is -4.55. The summed E-state index contributed by atoms with van der Waals surface area (Å²) in [5, 5.41) is 0.